The van der Waals surface area contributed by atoms with Crippen molar-refractivity contribution in [2.75, 3.05) is 20.3 Å². The zero-order valence-corrected chi connectivity index (χ0v) is 19.7. The standard InChI is InChI=1S/C26H26N2O7/c1-14(2)19-7-15-8-24(34-13-16-12-33-22-5-4-6-27-25(22)35-16)23(32-3)9-17(15)20-10-21(29)18(26(30)31)11-28(19)20/h4-6,8-11,14,16,19H,7,12-13H2,1-3H3,(H,30,31)/t16-,19+/m1/s1. The van der Waals surface area contributed by atoms with Gasteiger partial charge in [0.25, 0.3) is 5.88 Å². The number of pyridine rings is 2. The summed E-state index contributed by atoms with van der Waals surface area (Å²) in [6.45, 7) is 4.72. The Morgan fingerprint density at radius 3 is 2.86 bits per heavy atom. The summed E-state index contributed by atoms with van der Waals surface area (Å²) in [4.78, 5) is 28.3. The summed E-state index contributed by atoms with van der Waals surface area (Å²) in [6, 6.07) is 8.74. The van der Waals surface area contributed by atoms with Gasteiger partial charge in [-0.3, -0.25) is 4.79 Å². The molecule has 9 heteroatoms. The van der Waals surface area contributed by atoms with E-state index >= 15 is 0 Å². The summed E-state index contributed by atoms with van der Waals surface area (Å²) in [5, 5.41) is 9.45. The third-order valence-electron chi connectivity index (χ3n) is 6.40. The summed E-state index contributed by atoms with van der Waals surface area (Å²) in [5.41, 5.74) is 1.71. The summed E-state index contributed by atoms with van der Waals surface area (Å²) in [7, 11) is 1.55. The molecule has 0 amide bonds. The molecule has 0 radical (unpaired) electrons. The Kier molecular flexibility index (Phi) is 5.84. The smallest absolute Gasteiger partial charge is 0.341 e. The molecule has 0 bridgehead atoms. The molecule has 2 aliphatic heterocycles. The van der Waals surface area contributed by atoms with E-state index in [-0.39, 0.29) is 30.2 Å². The zero-order valence-electron chi connectivity index (χ0n) is 19.7. The molecule has 2 aromatic heterocycles. The Bertz CT molecular complexity index is 1350. The summed E-state index contributed by atoms with van der Waals surface area (Å²) in [6.07, 6.45) is 3.42. The fraction of sp³-hybridized carbons (Fsp3) is 0.346. The minimum Gasteiger partial charge on any atom is -0.493 e. The van der Waals surface area contributed by atoms with Gasteiger partial charge in [-0.25, -0.2) is 9.78 Å². The van der Waals surface area contributed by atoms with Crippen molar-refractivity contribution in [2.45, 2.75) is 32.4 Å². The molecule has 5 rings (SSSR count). The van der Waals surface area contributed by atoms with Crippen LogP contribution in [0.2, 0.25) is 0 Å². The topological polar surface area (TPSA) is 109 Å². The van der Waals surface area contributed by atoms with Crippen molar-refractivity contribution < 1.29 is 28.8 Å². The zero-order chi connectivity index (χ0) is 24.7. The van der Waals surface area contributed by atoms with Gasteiger partial charge in [-0.05, 0) is 42.2 Å². The van der Waals surface area contributed by atoms with Gasteiger partial charge in [0.15, 0.2) is 28.8 Å². The lowest BCUT2D eigenvalue weighted by Crippen LogP contribution is -2.35. The van der Waals surface area contributed by atoms with Crippen LogP contribution in [0.3, 0.4) is 0 Å². The lowest BCUT2D eigenvalue weighted by atomic mass is 9.87. The van der Waals surface area contributed by atoms with E-state index in [1.54, 1.807) is 25.4 Å². The Hall–Kier alpha value is -4.01. The molecule has 1 aromatic carbocycles. The van der Waals surface area contributed by atoms with Crippen molar-refractivity contribution in [2.24, 2.45) is 5.92 Å². The van der Waals surface area contributed by atoms with Crippen LogP contribution in [0.25, 0.3) is 11.3 Å². The Balaban J connectivity index is 1.47. The van der Waals surface area contributed by atoms with Gasteiger partial charge < -0.3 is 28.6 Å². The number of aromatic carboxylic acids is 1. The van der Waals surface area contributed by atoms with Gasteiger partial charge in [-0.2, -0.15) is 0 Å². The van der Waals surface area contributed by atoms with Gasteiger partial charge in [0.2, 0.25) is 0 Å². The number of fused-ring (bicyclic) bond motifs is 4. The van der Waals surface area contributed by atoms with Gasteiger partial charge in [-0.1, -0.05) is 13.8 Å². The molecule has 0 saturated carbocycles. The van der Waals surface area contributed by atoms with Crippen molar-refractivity contribution in [3.05, 3.63) is 64.1 Å². The third-order valence-corrected chi connectivity index (χ3v) is 6.40. The maximum absolute atomic E-state index is 12.5. The molecular formula is C26H26N2O7. The van der Waals surface area contributed by atoms with Gasteiger partial charge >= 0.3 is 5.97 Å². The SMILES string of the molecule is COc1cc2c(cc1OC[C@H]1COc3cccnc3O1)C[C@@H](C(C)C)n1cc(C(=O)O)c(=O)cc1-2. The first kappa shape index (κ1) is 22.8. The van der Waals surface area contributed by atoms with Gasteiger partial charge in [0.1, 0.15) is 18.8 Å². The van der Waals surface area contributed by atoms with Crippen molar-refractivity contribution >= 4 is 5.97 Å². The maximum Gasteiger partial charge on any atom is 0.341 e. The second kappa shape index (κ2) is 8.98. The van der Waals surface area contributed by atoms with E-state index in [2.05, 4.69) is 18.8 Å². The number of methoxy groups -OCH3 is 1. The molecule has 4 heterocycles. The predicted octanol–water partition coefficient (Wildman–Crippen LogP) is 3.59. The molecule has 35 heavy (non-hydrogen) atoms. The van der Waals surface area contributed by atoms with E-state index in [0.29, 0.717) is 41.9 Å². The number of nitrogens with zero attached hydrogens (tertiary/aromatic N) is 2. The van der Waals surface area contributed by atoms with E-state index in [1.165, 1.54) is 12.3 Å². The lowest BCUT2D eigenvalue weighted by Gasteiger charge is -2.34. The number of ether oxygens (including phenoxy) is 4. The third kappa shape index (κ3) is 4.18. The molecule has 0 fully saturated rings. The molecule has 182 valence electrons. The molecule has 0 aliphatic carbocycles. The number of carboxylic acids is 1. The van der Waals surface area contributed by atoms with Crippen molar-refractivity contribution in [1.29, 1.82) is 0 Å². The maximum atomic E-state index is 12.5. The van der Waals surface area contributed by atoms with Gasteiger partial charge in [-0.15, -0.1) is 0 Å². The van der Waals surface area contributed by atoms with E-state index in [0.717, 1.165) is 11.1 Å². The molecule has 0 spiro atoms. The van der Waals surface area contributed by atoms with Crippen molar-refractivity contribution in [3.8, 4) is 34.4 Å². The van der Waals surface area contributed by atoms with Crippen LogP contribution in [0.4, 0.5) is 0 Å². The molecule has 0 unspecified atom stereocenters. The number of hydrogen-bond acceptors (Lipinski definition) is 7. The van der Waals surface area contributed by atoms with Crippen LogP contribution in [-0.2, 0) is 6.42 Å². The monoisotopic (exact) mass is 478 g/mol. The average molecular weight is 479 g/mol. The van der Waals surface area contributed by atoms with Crippen molar-refractivity contribution in [3.63, 3.8) is 0 Å². The van der Waals surface area contributed by atoms with E-state index in [4.69, 9.17) is 18.9 Å². The highest BCUT2D eigenvalue weighted by Gasteiger charge is 2.30. The van der Waals surface area contributed by atoms with Crippen molar-refractivity contribution in [1.82, 2.24) is 9.55 Å². The minimum atomic E-state index is -1.23. The summed E-state index contributed by atoms with van der Waals surface area (Å²) >= 11 is 0. The normalized spacial score (nSPS) is 17.9. The number of carbonyl (C=O) groups is 1. The van der Waals surface area contributed by atoms with Crippen LogP contribution in [0.1, 0.15) is 35.8 Å². The highest BCUT2D eigenvalue weighted by molar-refractivity contribution is 5.88. The van der Waals surface area contributed by atoms with Gasteiger partial charge in [0, 0.05) is 30.1 Å². The largest absolute Gasteiger partial charge is 0.493 e. The average Bonchev–Trinajstić information content (AvgIpc) is 2.85. The fourth-order valence-corrected chi connectivity index (χ4v) is 4.58. The Morgan fingerprint density at radius 2 is 2.11 bits per heavy atom. The first-order valence-electron chi connectivity index (χ1n) is 11.4. The molecular weight excluding hydrogens is 452 g/mol. The summed E-state index contributed by atoms with van der Waals surface area (Å²) < 4.78 is 25.2. The van der Waals surface area contributed by atoms with Crippen LogP contribution in [0.5, 0.6) is 23.1 Å². The molecule has 1 N–H and O–H groups in total. The molecule has 9 nitrogen and oxygen atoms in total. The summed E-state index contributed by atoms with van der Waals surface area (Å²) in [5.74, 6) is 1.08. The highest BCUT2D eigenvalue weighted by Crippen LogP contribution is 2.43. The quantitative estimate of drug-likeness (QED) is 0.573. The lowest BCUT2D eigenvalue weighted by molar-refractivity contribution is 0.0480. The van der Waals surface area contributed by atoms with Crippen LogP contribution in [0, 0.1) is 5.92 Å². The first-order chi connectivity index (χ1) is 16.9. The number of aromatic nitrogens is 2. The Morgan fingerprint density at radius 1 is 1.29 bits per heavy atom. The molecule has 2 aliphatic rings. The van der Waals surface area contributed by atoms with Crippen LogP contribution < -0.4 is 24.4 Å². The van der Waals surface area contributed by atoms with E-state index < -0.39 is 11.4 Å². The number of hydrogen-bond donors (Lipinski definition) is 1. The van der Waals surface area contributed by atoms with E-state index in [1.807, 2.05) is 16.7 Å². The minimum absolute atomic E-state index is 0.0184. The predicted molar refractivity (Wildman–Crippen MR) is 127 cm³/mol. The molecule has 0 saturated heterocycles. The Labute approximate surface area is 201 Å². The first-order valence-corrected chi connectivity index (χ1v) is 11.4. The van der Waals surface area contributed by atoms with Crippen LogP contribution in [0.15, 0.2) is 47.5 Å². The second-order valence-electron chi connectivity index (χ2n) is 8.99. The van der Waals surface area contributed by atoms with Crippen LogP contribution in [-0.4, -0.2) is 47.1 Å². The molecule has 3 aromatic rings. The highest BCUT2D eigenvalue weighted by atomic mass is 16.6. The fourth-order valence-electron chi connectivity index (χ4n) is 4.58. The molecule has 2 atom stereocenters. The van der Waals surface area contributed by atoms with Gasteiger partial charge in [0.05, 0.1) is 12.8 Å². The van der Waals surface area contributed by atoms with E-state index in [9.17, 15) is 14.7 Å². The second-order valence-corrected chi connectivity index (χ2v) is 8.99. The number of rotatable bonds is 6. The number of benzene rings is 1. The van der Waals surface area contributed by atoms with Crippen LogP contribution >= 0.6 is 0 Å². The number of carboxylic acid groups (broad SMARTS) is 1.